The second-order valence-electron chi connectivity index (χ2n) is 6.24. The van der Waals surface area contributed by atoms with Gasteiger partial charge in [0.1, 0.15) is 4.47 Å². The second-order valence-corrected chi connectivity index (χ2v) is 7.04. The van der Waals surface area contributed by atoms with Crippen LogP contribution in [-0.4, -0.2) is 35.5 Å². The number of nitrogens with one attached hydrogen (secondary N) is 1. The molecule has 1 aromatic heterocycles. The van der Waals surface area contributed by atoms with Gasteiger partial charge in [0.15, 0.2) is 0 Å². The van der Waals surface area contributed by atoms with Crippen molar-refractivity contribution in [3.05, 3.63) is 21.0 Å². The first-order chi connectivity index (χ1) is 9.74. The third-order valence-corrected chi connectivity index (χ3v) is 5.59. The molecular weight excluding hydrogens is 320 g/mol. The standard InChI is InChI=1S/C14H19BrN4O/c15-13-12(18-4-3-10-5-16-6-11(10)18)7-17-19(14(13)20)8-9-1-2-9/h7,9-11,16H,1-6,8H2/t10-,11+/m0/s1. The summed E-state index contributed by atoms with van der Waals surface area (Å²) in [7, 11) is 0. The molecule has 0 amide bonds. The molecule has 0 aromatic carbocycles. The van der Waals surface area contributed by atoms with Crippen molar-refractivity contribution in [1.29, 1.82) is 0 Å². The number of halogens is 1. The molecule has 3 fully saturated rings. The van der Waals surface area contributed by atoms with Crippen molar-refractivity contribution in [3.63, 3.8) is 0 Å². The number of rotatable bonds is 3. The highest BCUT2D eigenvalue weighted by Gasteiger charge is 2.38. The monoisotopic (exact) mass is 338 g/mol. The molecule has 0 spiro atoms. The van der Waals surface area contributed by atoms with Gasteiger partial charge in [0, 0.05) is 32.2 Å². The van der Waals surface area contributed by atoms with E-state index in [0.29, 0.717) is 16.4 Å². The van der Waals surface area contributed by atoms with E-state index < -0.39 is 0 Å². The average molecular weight is 339 g/mol. The van der Waals surface area contributed by atoms with E-state index in [-0.39, 0.29) is 5.56 Å². The first kappa shape index (κ1) is 12.8. The molecule has 3 heterocycles. The van der Waals surface area contributed by atoms with Crippen LogP contribution in [0.25, 0.3) is 0 Å². The van der Waals surface area contributed by atoms with Crippen LogP contribution in [0.3, 0.4) is 0 Å². The first-order valence-corrected chi connectivity index (χ1v) is 8.26. The summed E-state index contributed by atoms with van der Waals surface area (Å²) in [5.74, 6) is 1.38. The Kier molecular flexibility index (Phi) is 3.11. The van der Waals surface area contributed by atoms with E-state index in [0.717, 1.165) is 37.8 Å². The Morgan fingerprint density at radius 2 is 2.20 bits per heavy atom. The van der Waals surface area contributed by atoms with Gasteiger partial charge in [-0.1, -0.05) is 0 Å². The van der Waals surface area contributed by atoms with Gasteiger partial charge in [0.2, 0.25) is 0 Å². The second kappa shape index (κ2) is 4.84. The number of nitrogens with zero attached hydrogens (tertiary/aromatic N) is 3. The smallest absolute Gasteiger partial charge is 0.283 e. The van der Waals surface area contributed by atoms with Gasteiger partial charge in [-0.05, 0) is 47.0 Å². The molecule has 6 heteroatoms. The van der Waals surface area contributed by atoms with E-state index in [1.165, 1.54) is 19.3 Å². The molecule has 0 unspecified atom stereocenters. The molecule has 108 valence electrons. The maximum Gasteiger partial charge on any atom is 0.283 e. The normalized spacial score (nSPS) is 28.9. The molecule has 1 aromatic rings. The van der Waals surface area contributed by atoms with Crippen molar-refractivity contribution in [2.45, 2.75) is 31.8 Å². The maximum absolute atomic E-state index is 12.4. The molecule has 1 N–H and O–H groups in total. The Labute approximate surface area is 126 Å². The van der Waals surface area contributed by atoms with Crippen molar-refractivity contribution in [1.82, 2.24) is 15.1 Å². The van der Waals surface area contributed by atoms with E-state index in [9.17, 15) is 4.79 Å². The summed E-state index contributed by atoms with van der Waals surface area (Å²) >= 11 is 3.51. The van der Waals surface area contributed by atoms with Gasteiger partial charge in [-0.3, -0.25) is 4.79 Å². The molecule has 2 aliphatic heterocycles. The predicted molar refractivity (Wildman–Crippen MR) is 81.0 cm³/mol. The van der Waals surface area contributed by atoms with Crippen LogP contribution in [0, 0.1) is 11.8 Å². The topological polar surface area (TPSA) is 50.2 Å². The van der Waals surface area contributed by atoms with Gasteiger partial charge in [0.25, 0.3) is 5.56 Å². The molecule has 1 aliphatic carbocycles. The number of aromatic nitrogens is 2. The lowest BCUT2D eigenvalue weighted by atomic mass is 10.1. The fourth-order valence-corrected chi connectivity index (χ4v) is 4.01. The quantitative estimate of drug-likeness (QED) is 0.900. The SMILES string of the molecule is O=c1c(Br)c(N2CC[C@H]3CNC[C@H]32)cnn1CC1CC1. The summed E-state index contributed by atoms with van der Waals surface area (Å²) in [6, 6.07) is 0.520. The minimum absolute atomic E-state index is 0.0174. The van der Waals surface area contributed by atoms with Crippen molar-refractivity contribution < 1.29 is 0 Å². The van der Waals surface area contributed by atoms with E-state index in [4.69, 9.17) is 0 Å². The summed E-state index contributed by atoms with van der Waals surface area (Å²) in [6.45, 7) is 3.92. The Morgan fingerprint density at radius 3 is 3.00 bits per heavy atom. The summed E-state index contributed by atoms with van der Waals surface area (Å²) in [4.78, 5) is 14.8. The average Bonchev–Trinajstić information content (AvgIpc) is 2.98. The zero-order valence-electron chi connectivity index (χ0n) is 11.4. The minimum atomic E-state index is 0.0174. The number of hydrogen-bond acceptors (Lipinski definition) is 4. The summed E-state index contributed by atoms with van der Waals surface area (Å²) in [5, 5.41) is 7.83. The first-order valence-electron chi connectivity index (χ1n) is 7.47. The molecule has 2 saturated heterocycles. The lowest BCUT2D eigenvalue weighted by Crippen LogP contribution is -2.36. The zero-order chi connectivity index (χ0) is 13.7. The number of hydrogen-bond donors (Lipinski definition) is 1. The highest BCUT2D eigenvalue weighted by atomic mass is 79.9. The Morgan fingerprint density at radius 1 is 1.35 bits per heavy atom. The number of anilines is 1. The number of fused-ring (bicyclic) bond motifs is 1. The summed E-state index contributed by atoms with van der Waals surface area (Å²) in [5.41, 5.74) is 0.988. The molecular formula is C14H19BrN4O. The van der Waals surface area contributed by atoms with Crippen LogP contribution in [0.15, 0.2) is 15.5 Å². The van der Waals surface area contributed by atoms with Crippen LogP contribution >= 0.6 is 15.9 Å². The van der Waals surface area contributed by atoms with Crippen LogP contribution in [-0.2, 0) is 6.54 Å². The van der Waals surface area contributed by atoms with Crippen LogP contribution in [0.5, 0.6) is 0 Å². The van der Waals surface area contributed by atoms with Crippen molar-refractivity contribution in [3.8, 4) is 0 Å². The lowest BCUT2D eigenvalue weighted by Gasteiger charge is -2.26. The summed E-state index contributed by atoms with van der Waals surface area (Å²) in [6.07, 6.45) is 5.54. The van der Waals surface area contributed by atoms with Crippen LogP contribution in [0.2, 0.25) is 0 Å². The van der Waals surface area contributed by atoms with Crippen LogP contribution in [0.4, 0.5) is 5.69 Å². The van der Waals surface area contributed by atoms with Crippen LogP contribution in [0.1, 0.15) is 19.3 Å². The van der Waals surface area contributed by atoms with Crippen molar-refractivity contribution >= 4 is 21.6 Å². The van der Waals surface area contributed by atoms with Gasteiger partial charge in [-0.2, -0.15) is 5.10 Å². The minimum Gasteiger partial charge on any atom is -0.365 e. The molecule has 20 heavy (non-hydrogen) atoms. The Balaban J connectivity index is 1.64. The summed E-state index contributed by atoms with van der Waals surface area (Å²) < 4.78 is 2.30. The Hall–Kier alpha value is -0.880. The van der Waals surface area contributed by atoms with E-state index in [1.54, 1.807) is 4.68 Å². The molecule has 0 radical (unpaired) electrons. The molecule has 5 nitrogen and oxygen atoms in total. The molecule has 0 bridgehead atoms. The highest BCUT2D eigenvalue weighted by molar-refractivity contribution is 9.10. The van der Waals surface area contributed by atoms with Gasteiger partial charge < -0.3 is 10.2 Å². The van der Waals surface area contributed by atoms with Crippen molar-refractivity contribution in [2.24, 2.45) is 11.8 Å². The molecule has 4 rings (SSSR count). The fourth-order valence-electron chi connectivity index (χ4n) is 3.48. The fraction of sp³-hybridized carbons (Fsp3) is 0.714. The van der Waals surface area contributed by atoms with Gasteiger partial charge in [-0.25, -0.2) is 4.68 Å². The third-order valence-electron chi connectivity index (χ3n) is 4.85. The molecule has 3 aliphatic rings. The van der Waals surface area contributed by atoms with E-state index in [1.807, 2.05) is 6.20 Å². The van der Waals surface area contributed by atoms with Crippen molar-refractivity contribution in [2.75, 3.05) is 24.5 Å². The van der Waals surface area contributed by atoms with E-state index >= 15 is 0 Å². The molecule has 1 saturated carbocycles. The van der Waals surface area contributed by atoms with Gasteiger partial charge >= 0.3 is 0 Å². The largest absolute Gasteiger partial charge is 0.365 e. The molecule has 2 atom stereocenters. The third kappa shape index (κ3) is 2.09. The highest BCUT2D eigenvalue weighted by Crippen LogP contribution is 2.34. The van der Waals surface area contributed by atoms with Gasteiger partial charge in [0.05, 0.1) is 11.9 Å². The van der Waals surface area contributed by atoms with Gasteiger partial charge in [-0.15, -0.1) is 0 Å². The van der Waals surface area contributed by atoms with E-state index in [2.05, 4.69) is 31.2 Å². The predicted octanol–water partition coefficient (Wildman–Crippen LogP) is 1.21. The zero-order valence-corrected chi connectivity index (χ0v) is 13.0. The Bertz CT molecular complexity index is 583. The maximum atomic E-state index is 12.4. The van der Waals surface area contributed by atoms with Crippen LogP contribution < -0.4 is 15.8 Å². The lowest BCUT2D eigenvalue weighted by molar-refractivity contribution is 0.529.